The Balaban J connectivity index is 1.91. The first kappa shape index (κ1) is 22.6. The van der Waals surface area contributed by atoms with E-state index >= 15 is 0 Å². The molecule has 1 heterocycles. The van der Waals surface area contributed by atoms with Gasteiger partial charge >= 0.3 is 0 Å². The second-order valence-corrected chi connectivity index (χ2v) is 8.20. The van der Waals surface area contributed by atoms with Crippen LogP contribution < -0.4 is 5.32 Å². The molecular weight excluding hydrogens is 431 g/mol. The van der Waals surface area contributed by atoms with Crippen LogP contribution in [0.25, 0.3) is 6.08 Å². The number of aromatic nitrogens is 2. The van der Waals surface area contributed by atoms with E-state index in [1.54, 1.807) is 17.7 Å². The first-order chi connectivity index (χ1) is 14.7. The molecule has 158 valence electrons. The predicted octanol–water partition coefficient (Wildman–Crippen LogP) is 6.02. The number of carbonyl (C=O) groups excluding carboxylic acids is 1. The van der Waals surface area contributed by atoms with Crippen molar-refractivity contribution in [2.75, 3.05) is 5.32 Å². The molecule has 3 aromatic rings. The molecule has 3 rings (SSSR count). The molecule has 0 saturated heterocycles. The summed E-state index contributed by atoms with van der Waals surface area (Å²) in [5.74, 6) is -0.494. The van der Waals surface area contributed by atoms with Gasteiger partial charge in [0.25, 0.3) is 5.91 Å². The maximum atomic E-state index is 12.8. The van der Waals surface area contributed by atoms with Crippen molar-refractivity contribution in [2.45, 2.75) is 34.2 Å². The van der Waals surface area contributed by atoms with Crippen molar-refractivity contribution in [1.82, 2.24) is 9.78 Å². The summed E-state index contributed by atoms with van der Waals surface area (Å²) in [5, 5.41) is 17.9. The number of hydrogen-bond acceptors (Lipinski definition) is 3. The molecule has 1 aromatic heterocycles. The van der Waals surface area contributed by atoms with Crippen molar-refractivity contribution < 1.29 is 4.79 Å². The fraction of sp³-hybridized carbons (Fsp3) is 0.208. The van der Waals surface area contributed by atoms with Crippen molar-refractivity contribution in [2.24, 2.45) is 0 Å². The fourth-order valence-corrected chi connectivity index (χ4v) is 3.96. The molecule has 0 radical (unpaired) electrons. The molecule has 0 atom stereocenters. The van der Waals surface area contributed by atoms with Gasteiger partial charge in [-0.2, -0.15) is 10.4 Å². The van der Waals surface area contributed by atoms with Crippen LogP contribution in [0.1, 0.15) is 33.5 Å². The fourth-order valence-electron chi connectivity index (χ4n) is 3.47. The molecule has 0 fully saturated rings. The molecule has 1 N–H and O–H groups in total. The van der Waals surface area contributed by atoms with E-state index in [0.29, 0.717) is 33.7 Å². The molecule has 7 heteroatoms. The van der Waals surface area contributed by atoms with Gasteiger partial charge in [0, 0.05) is 16.3 Å². The summed E-state index contributed by atoms with van der Waals surface area (Å²) in [6.07, 6.45) is 1.47. The van der Waals surface area contributed by atoms with Crippen LogP contribution in [0, 0.1) is 39.0 Å². The number of nitriles is 1. The van der Waals surface area contributed by atoms with E-state index in [4.69, 9.17) is 23.2 Å². The van der Waals surface area contributed by atoms with Crippen LogP contribution in [0.2, 0.25) is 10.2 Å². The summed E-state index contributed by atoms with van der Waals surface area (Å²) >= 11 is 12.8. The number of nitrogens with zero attached hydrogens (tertiary/aromatic N) is 3. The standard InChI is InChI=1S/C24H22Cl2N4O/c1-14-9-15(2)22(16(3)10-14)28-24(31)19(12-27)11-20-17(4)29-30(23(20)26)13-18-7-5-6-8-21(18)25/h5-11H,13H2,1-4H3,(H,28,31)/b19-11+. The highest BCUT2D eigenvalue weighted by Gasteiger charge is 2.18. The Morgan fingerprint density at radius 2 is 1.81 bits per heavy atom. The highest BCUT2D eigenvalue weighted by atomic mass is 35.5. The number of nitrogens with one attached hydrogen (secondary N) is 1. The van der Waals surface area contributed by atoms with Gasteiger partial charge in [-0.1, -0.05) is 59.1 Å². The minimum absolute atomic E-state index is 0.0540. The number of benzene rings is 2. The Kier molecular flexibility index (Phi) is 6.84. The van der Waals surface area contributed by atoms with E-state index in [2.05, 4.69) is 10.4 Å². The Bertz CT molecular complexity index is 1210. The Morgan fingerprint density at radius 3 is 2.42 bits per heavy atom. The van der Waals surface area contributed by atoms with Gasteiger partial charge in [0.1, 0.15) is 16.8 Å². The third kappa shape index (κ3) is 4.99. The van der Waals surface area contributed by atoms with Crippen molar-refractivity contribution in [1.29, 1.82) is 5.26 Å². The number of carbonyl (C=O) groups is 1. The molecule has 0 saturated carbocycles. The molecule has 0 aliphatic carbocycles. The maximum Gasteiger partial charge on any atom is 0.266 e. The first-order valence-corrected chi connectivity index (χ1v) is 10.4. The summed E-state index contributed by atoms with van der Waals surface area (Å²) in [4.78, 5) is 12.8. The van der Waals surface area contributed by atoms with Crippen LogP contribution in [0.15, 0.2) is 42.0 Å². The van der Waals surface area contributed by atoms with E-state index in [1.807, 2.05) is 57.2 Å². The first-order valence-electron chi connectivity index (χ1n) is 9.68. The number of amides is 1. The zero-order valence-electron chi connectivity index (χ0n) is 17.8. The summed E-state index contributed by atoms with van der Waals surface area (Å²) in [7, 11) is 0. The predicted molar refractivity (Wildman–Crippen MR) is 125 cm³/mol. The topological polar surface area (TPSA) is 70.7 Å². The lowest BCUT2D eigenvalue weighted by Crippen LogP contribution is -2.15. The minimum atomic E-state index is -0.494. The third-order valence-electron chi connectivity index (χ3n) is 4.96. The molecule has 0 aliphatic heterocycles. The number of rotatable bonds is 5. The minimum Gasteiger partial charge on any atom is -0.321 e. The van der Waals surface area contributed by atoms with E-state index < -0.39 is 5.91 Å². The lowest BCUT2D eigenvalue weighted by molar-refractivity contribution is -0.112. The Morgan fingerprint density at radius 1 is 1.16 bits per heavy atom. The average molecular weight is 453 g/mol. The highest BCUT2D eigenvalue weighted by molar-refractivity contribution is 6.32. The molecule has 0 aliphatic rings. The molecule has 2 aromatic carbocycles. The number of halogens is 2. The lowest BCUT2D eigenvalue weighted by Gasteiger charge is -2.12. The van der Waals surface area contributed by atoms with E-state index in [-0.39, 0.29) is 5.57 Å². The Hall–Kier alpha value is -3.07. The van der Waals surface area contributed by atoms with Crippen molar-refractivity contribution in [3.05, 3.63) is 85.7 Å². The zero-order chi connectivity index (χ0) is 22.7. The summed E-state index contributed by atoms with van der Waals surface area (Å²) in [6, 6.07) is 13.4. The van der Waals surface area contributed by atoms with Gasteiger partial charge in [-0.3, -0.25) is 4.79 Å². The second kappa shape index (κ2) is 9.38. The van der Waals surface area contributed by atoms with Crippen molar-refractivity contribution >= 4 is 40.9 Å². The van der Waals surface area contributed by atoms with E-state index in [1.165, 1.54) is 6.08 Å². The van der Waals surface area contributed by atoms with Gasteiger partial charge in [0.05, 0.1) is 12.2 Å². The molecule has 5 nitrogen and oxygen atoms in total. The summed E-state index contributed by atoms with van der Waals surface area (Å²) in [6.45, 7) is 8.00. The quantitative estimate of drug-likeness (QED) is 0.380. The number of aryl methyl sites for hydroxylation is 4. The molecular formula is C24H22Cl2N4O. The molecule has 31 heavy (non-hydrogen) atoms. The monoisotopic (exact) mass is 452 g/mol. The summed E-state index contributed by atoms with van der Waals surface area (Å²) < 4.78 is 1.60. The van der Waals surface area contributed by atoms with Crippen LogP contribution in [-0.4, -0.2) is 15.7 Å². The molecule has 0 unspecified atom stereocenters. The summed E-state index contributed by atoms with van der Waals surface area (Å²) in [5.41, 5.74) is 5.63. The SMILES string of the molecule is Cc1cc(C)c(NC(=O)/C(C#N)=C/c2c(C)nn(Cc3ccccc3Cl)c2Cl)c(C)c1. The van der Waals surface area contributed by atoms with Crippen LogP contribution in [0.3, 0.4) is 0 Å². The van der Waals surface area contributed by atoms with Gasteiger partial charge in [-0.05, 0) is 56.5 Å². The molecule has 0 spiro atoms. The van der Waals surface area contributed by atoms with Gasteiger partial charge in [-0.15, -0.1) is 0 Å². The highest BCUT2D eigenvalue weighted by Crippen LogP contribution is 2.26. The van der Waals surface area contributed by atoms with Gasteiger partial charge in [0.2, 0.25) is 0 Å². The van der Waals surface area contributed by atoms with Gasteiger partial charge in [0.15, 0.2) is 0 Å². The van der Waals surface area contributed by atoms with Crippen molar-refractivity contribution in [3.8, 4) is 6.07 Å². The van der Waals surface area contributed by atoms with Crippen LogP contribution in [0.5, 0.6) is 0 Å². The van der Waals surface area contributed by atoms with Crippen LogP contribution in [0.4, 0.5) is 5.69 Å². The van der Waals surface area contributed by atoms with E-state index in [9.17, 15) is 10.1 Å². The largest absolute Gasteiger partial charge is 0.321 e. The maximum absolute atomic E-state index is 12.8. The molecule has 0 bridgehead atoms. The number of anilines is 1. The second-order valence-electron chi connectivity index (χ2n) is 7.44. The third-order valence-corrected chi connectivity index (χ3v) is 5.72. The van der Waals surface area contributed by atoms with Crippen molar-refractivity contribution in [3.63, 3.8) is 0 Å². The average Bonchev–Trinajstić information content (AvgIpc) is 2.97. The number of hydrogen-bond donors (Lipinski definition) is 1. The molecule has 1 amide bonds. The van der Waals surface area contributed by atoms with E-state index in [0.717, 1.165) is 22.3 Å². The van der Waals surface area contributed by atoms with Crippen LogP contribution in [-0.2, 0) is 11.3 Å². The smallest absolute Gasteiger partial charge is 0.266 e. The normalized spacial score (nSPS) is 11.3. The lowest BCUT2D eigenvalue weighted by atomic mass is 10.0. The van der Waals surface area contributed by atoms with Gasteiger partial charge in [-0.25, -0.2) is 4.68 Å². The van der Waals surface area contributed by atoms with Crippen LogP contribution >= 0.6 is 23.2 Å². The Labute approximate surface area is 191 Å². The van der Waals surface area contributed by atoms with Gasteiger partial charge < -0.3 is 5.32 Å². The zero-order valence-corrected chi connectivity index (χ0v) is 19.3.